The van der Waals surface area contributed by atoms with Gasteiger partial charge in [-0.2, -0.15) is 0 Å². The Morgan fingerprint density at radius 2 is 2.36 bits per heavy atom. The molecule has 0 aliphatic rings. The van der Waals surface area contributed by atoms with E-state index >= 15 is 0 Å². The number of aryl methyl sites for hydroxylation is 1. The van der Waals surface area contributed by atoms with Crippen LogP contribution in [0, 0.1) is 6.92 Å². The summed E-state index contributed by atoms with van der Waals surface area (Å²) in [7, 11) is 0. The molecule has 0 spiro atoms. The second-order valence-electron chi connectivity index (χ2n) is 2.85. The van der Waals surface area contributed by atoms with Crippen LogP contribution in [-0.4, -0.2) is 12.6 Å². The van der Waals surface area contributed by atoms with Crippen molar-refractivity contribution in [2.75, 3.05) is 6.61 Å². The molecule has 74 valence electrons. The van der Waals surface area contributed by atoms with Crippen LogP contribution in [0.5, 0.6) is 0 Å². The van der Waals surface area contributed by atoms with Crippen molar-refractivity contribution in [1.82, 2.24) is 0 Å². The Hall–Kier alpha value is -1.09. The highest BCUT2D eigenvalue weighted by atomic mass is 79.9. The number of hydrogen-bond donors (Lipinski definition) is 0. The SMILES string of the molecule is C=CCOC(=O)c1ccc(Br)cc1C. The third kappa shape index (κ3) is 2.70. The van der Waals surface area contributed by atoms with E-state index in [0.29, 0.717) is 5.56 Å². The molecule has 0 aromatic heterocycles. The fraction of sp³-hybridized carbons (Fsp3) is 0.182. The lowest BCUT2D eigenvalue weighted by atomic mass is 10.1. The lowest BCUT2D eigenvalue weighted by molar-refractivity contribution is 0.0549. The van der Waals surface area contributed by atoms with Crippen molar-refractivity contribution < 1.29 is 9.53 Å². The third-order valence-electron chi connectivity index (χ3n) is 1.74. The molecule has 14 heavy (non-hydrogen) atoms. The average molecular weight is 255 g/mol. The lowest BCUT2D eigenvalue weighted by Gasteiger charge is -2.05. The van der Waals surface area contributed by atoms with Gasteiger partial charge in [-0.15, -0.1) is 0 Å². The largest absolute Gasteiger partial charge is 0.458 e. The lowest BCUT2D eigenvalue weighted by Crippen LogP contribution is -2.06. The number of esters is 1. The van der Waals surface area contributed by atoms with Crippen LogP contribution in [0.3, 0.4) is 0 Å². The Morgan fingerprint density at radius 3 is 2.93 bits per heavy atom. The van der Waals surface area contributed by atoms with Gasteiger partial charge >= 0.3 is 5.97 Å². The van der Waals surface area contributed by atoms with Crippen LogP contribution in [0.1, 0.15) is 15.9 Å². The zero-order chi connectivity index (χ0) is 10.6. The molecule has 1 aromatic rings. The summed E-state index contributed by atoms with van der Waals surface area (Å²) in [5.41, 5.74) is 1.49. The monoisotopic (exact) mass is 254 g/mol. The normalized spacial score (nSPS) is 9.57. The number of carbonyl (C=O) groups excluding carboxylic acids is 1. The summed E-state index contributed by atoms with van der Waals surface area (Å²) in [6, 6.07) is 5.44. The Kier molecular flexibility index (Phi) is 3.89. The molecule has 0 amide bonds. The Labute approximate surface area is 91.7 Å². The van der Waals surface area contributed by atoms with Crippen molar-refractivity contribution in [1.29, 1.82) is 0 Å². The minimum absolute atomic E-state index is 0.244. The summed E-state index contributed by atoms with van der Waals surface area (Å²) in [5.74, 6) is -0.310. The molecule has 1 rings (SSSR count). The first-order chi connectivity index (χ1) is 6.65. The third-order valence-corrected chi connectivity index (χ3v) is 2.23. The Morgan fingerprint density at radius 1 is 1.64 bits per heavy atom. The summed E-state index contributed by atoms with van der Waals surface area (Å²) < 4.78 is 5.88. The minimum Gasteiger partial charge on any atom is -0.458 e. The number of hydrogen-bond acceptors (Lipinski definition) is 2. The quantitative estimate of drug-likeness (QED) is 0.612. The number of halogens is 1. The first kappa shape index (κ1) is 11.0. The summed E-state index contributed by atoms with van der Waals surface area (Å²) in [6.07, 6.45) is 1.55. The molecule has 0 aliphatic carbocycles. The van der Waals surface area contributed by atoms with Gasteiger partial charge in [-0.1, -0.05) is 28.6 Å². The second kappa shape index (κ2) is 4.96. The molecule has 0 unspecified atom stereocenters. The highest BCUT2D eigenvalue weighted by molar-refractivity contribution is 9.10. The summed E-state index contributed by atoms with van der Waals surface area (Å²) >= 11 is 3.33. The standard InChI is InChI=1S/C11H11BrO2/c1-3-6-14-11(13)10-5-4-9(12)7-8(10)2/h3-5,7H,1,6H2,2H3. The molecule has 2 nitrogen and oxygen atoms in total. The van der Waals surface area contributed by atoms with Crippen LogP contribution in [0.25, 0.3) is 0 Å². The Balaban J connectivity index is 2.84. The van der Waals surface area contributed by atoms with Gasteiger partial charge in [-0.25, -0.2) is 4.79 Å². The minimum atomic E-state index is -0.310. The first-order valence-corrected chi connectivity index (χ1v) is 4.98. The van der Waals surface area contributed by atoms with Crippen molar-refractivity contribution in [3.05, 3.63) is 46.5 Å². The molecule has 0 N–H and O–H groups in total. The van der Waals surface area contributed by atoms with E-state index in [9.17, 15) is 4.79 Å². The van der Waals surface area contributed by atoms with Gasteiger partial charge in [0.25, 0.3) is 0 Å². The number of benzene rings is 1. The first-order valence-electron chi connectivity index (χ1n) is 4.19. The zero-order valence-corrected chi connectivity index (χ0v) is 9.50. The maximum absolute atomic E-state index is 11.5. The highest BCUT2D eigenvalue weighted by Gasteiger charge is 2.09. The van der Waals surface area contributed by atoms with E-state index in [4.69, 9.17) is 4.74 Å². The maximum atomic E-state index is 11.5. The van der Waals surface area contributed by atoms with Gasteiger partial charge in [0.2, 0.25) is 0 Å². The summed E-state index contributed by atoms with van der Waals surface area (Å²) in [5, 5.41) is 0. The van der Waals surface area contributed by atoms with E-state index in [-0.39, 0.29) is 12.6 Å². The van der Waals surface area contributed by atoms with Crippen molar-refractivity contribution in [2.24, 2.45) is 0 Å². The van der Waals surface area contributed by atoms with Crippen LogP contribution in [-0.2, 0) is 4.74 Å². The molecule has 0 saturated carbocycles. The van der Waals surface area contributed by atoms with Crippen LogP contribution < -0.4 is 0 Å². The Bertz CT molecular complexity index is 358. The number of ether oxygens (including phenoxy) is 1. The molecular formula is C11H11BrO2. The van der Waals surface area contributed by atoms with E-state index in [1.54, 1.807) is 12.1 Å². The molecule has 0 aliphatic heterocycles. The van der Waals surface area contributed by atoms with Gasteiger partial charge in [0.15, 0.2) is 0 Å². The van der Waals surface area contributed by atoms with Crippen molar-refractivity contribution in [2.45, 2.75) is 6.92 Å². The smallest absolute Gasteiger partial charge is 0.338 e. The maximum Gasteiger partial charge on any atom is 0.338 e. The molecular weight excluding hydrogens is 244 g/mol. The van der Waals surface area contributed by atoms with E-state index in [1.807, 2.05) is 19.1 Å². The van der Waals surface area contributed by atoms with Gasteiger partial charge in [-0.3, -0.25) is 0 Å². The second-order valence-corrected chi connectivity index (χ2v) is 3.76. The molecule has 0 atom stereocenters. The van der Waals surface area contributed by atoms with E-state index in [2.05, 4.69) is 22.5 Å². The molecule has 0 radical (unpaired) electrons. The van der Waals surface area contributed by atoms with Crippen molar-refractivity contribution in [3.8, 4) is 0 Å². The fourth-order valence-corrected chi connectivity index (χ4v) is 1.54. The van der Waals surface area contributed by atoms with E-state index in [0.717, 1.165) is 10.0 Å². The van der Waals surface area contributed by atoms with Crippen LogP contribution in [0.15, 0.2) is 35.3 Å². The van der Waals surface area contributed by atoms with Crippen molar-refractivity contribution in [3.63, 3.8) is 0 Å². The number of carbonyl (C=O) groups is 1. The predicted molar refractivity (Wildman–Crippen MR) is 59.4 cm³/mol. The molecule has 0 fully saturated rings. The van der Waals surface area contributed by atoms with Crippen LogP contribution in [0.2, 0.25) is 0 Å². The zero-order valence-electron chi connectivity index (χ0n) is 7.92. The summed E-state index contributed by atoms with van der Waals surface area (Å²) in [4.78, 5) is 11.5. The van der Waals surface area contributed by atoms with Crippen molar-refractivity contribution >= 4 is 21.9 Å². The summed E-state index contributed by atoms with van der Waals surface area (Å²) in [6.45, 7) is 5.59. The highest BCUT2D eigenvalue weighted by Crippen LogP contribution is 2.16. The van der Waals surface area contributed by atoms with Gasteiger partial charge in [0.1, 0.15) is 6.61 Å². The average Bonchev–Trinajstić information content (AvgIpc) is 2.14. The molecule has 0 heterocycles. The predicted octanol–water partition coefficient (Wildman–Crippen LogP) is 3.10. The molecule has 3 heteroatoms. The topological polar surface area (TPSA) is 26.3 Å². The van der Waals surface area contributed by atoms with Gasteiger partial charge in [-0.05, 0) is 30.7 Å². The van der Waals surface area contributed by atoms with Crippen LogP contribution in [0.4, 0.5) is 0 Å². The molecule has 0 saturated heterocycles. The van der Waals surface area contributed by atoms with Gasteiger partial charge in [0.05, 0.1) is 5.56 Å². The number of rotatable bonds is 3. The molecule has 0 bridgehead atoms. The van der Waals surface area contributed by atoms with Gasteiger partial charge < -0.3 is 4.74 Å². The van der Waals surface area contributed by atoms with Crippen LogP contribution >= 0.6 is 15.9 Å². The molecule has 1 aromatic carbocycles. The van der Waals surface area contributed by atoms with E-state index < -0.39 is 0 Å². The van der Waals surface area contributed by atoms with Gasteiger partial charge in [0, 0.05) is 4.47 Å². The fourth-order valence-electron chi connectivity index (χ4n) is 1.07. The van der Waals surface area contributed by atoms with E-state index in [1.165, 1.54) is 0 Å².